The maximum absolute atomic E-state index is 12.0. The standard InChI is InChI=1S/C17H18N4OS2/c1-2-13-6-3-4-8-15(13)21-12-19-20-17(21)24-11-16(22)18-10-14-7-5-9-23-14/h3-9,12H,2,10-11H2,1H3,(H,18,22). The summed E-state index contributed by atoms with van der Waals surface area (Å²) in [7, 11) is 0. The van der Waals surface area contributed by atoms with E-state index in [4.69, 9.17) is 0 Å². The highest BCUT2D eigenvalue weighted by atomic mass is 32.2. The Balaban J connectivity index is 1.62. The van der Waals surface area contributed by atoms with Gasteiger partial charge in [-0.3, -0.25) is 9.36 Å². The zero-order valence-electron chi connectivity index (χ0n) is 13.3. The van der Waals surface area contributed by atoms with Crippen LogP contribution >= 0.6 is 23.1 Å². The molecule has 2 aromatic heterocycles. The number of aryl methyl sites for hydroxylation is 1. The highest BCUT2D eigenvalue weighted by molar-refractivity contribution is 7.99. The molecule has 0 spiro atoms. The minimum atomic E-state index is -0.00766. The number of nitrogens with zero attached hydrogens (tertiary/aromatic N) is 3. The van der Waals surface area contributed by atoms with Gasteiger partial charge in [0.25, 0.3) is 0 Å². The zero-order chi connectivity index (χ0) is 16.8. The molecule has 0 saturated heterocycles. The zero-order valence-corrected chi connectivity index (χ0v) is 14.9. The number of aromatic nitrogens is 3. The first-order chi connectivity index (χ1) is 11.8. The summed E-state index contributed by atoms with van der Waals surface area (Å²) in [6, 6.07) is 12.2. The van der Waals surface area contributed by atoms with E-state index in [0.717, 1.165) is 22.1 Å². The van der Waals surface area contributed by atoms with Gasteiger partial charge in [-0.2, -0.15) is 0 Å². The third-order valence-electron chi connectivity index (χ3n) is 3.52. The Morgan fingerprint density at radius 1 is 1.29 bits per heavy atom. The van der Waals surface area contributed by atoms with Crippen molar-refractivity contribution >= 4 is 29.0 Å². The van der Waals surface area contributed by atoms with Crippen LogP contribution in [0.15, 0.2) is 53.3 Å². The molecule has 124 valence electrons. The quantitative estimate of drug-likeness (QED) is 0.658. The molecule has 7 heteroatoms. The number of para-hydroxylation sites is 1. The fraction of sp³-hybridized carbons (Fsp3) is 0.235. The summed E-state index contributed by atoms with van der Waals surface area (Å²) >= 11 is 3.03. The van der Waals surface area contributed by atoms with Crippen molar-refractivity contribution in [3.8, 4) is 5.69 Å². The van der Waals surface area contributed by atoms with E-state index in [1.807, 2.05) is 40.3 Å². The van der Waals surface area contributed by atoms with Crippen LogP contribution in [0.3, 0.4) is 0 Å². The monoisotopic (exact) mass is 358 g/mol. The number of carbonyl (C=O) groups is 1. The van der Waals surface area contributed by atoms with E-state index in [1.165, 1.54) is 17.3 Å². The first kappa shape index (κ1) is 16.7. The van der Waals surface area contributed by atoms with Crippen LogP contribution in [0.4, 0.5) is 0 Å². The highest BCUT2D eigenvalue weighted by Gasteiger charge is 2.12. The second kappa shape index (κ2) is 8.12. The Labute approximate surface area is 149 Å². The molecule has 24 heavy (non-hydrogen) atoms. The molecule has 0 atom stereocenters. The Kier molecular flexibility index (Phi) is 5.66. The molecule has 0 bridgehead atoms. The summed E-state index contributed by atoms with van der Waals surface area (Å²) in [5.41, 5.74) is 2.28. The van der Waals surface area contributed by atoms with Crippen molar-refractivity contribution in [2.45, 2.75) is 25.0 Å². The van der Waals surface area contributed by atoms with Crippen LogP contribution in [0, 0.1) is 0 Å². The van der Waals surface area contributed by atoms with Crippen molar-refractivity contribution in [2.75, 3.05) is 5.75 Å². The fourth-order valence-corrected chi connectivity index (χ4v) is 3.71. The van der Waals surface area contributed by atoms with Crippen molar-refractivity contribution in [3.63, 3.8) is 0 Å². The minimum absolute atomic E-state index is 0.00766. The molecule has 0 saturated carbocycles. The maximum Gasteiger partial charge on any atom is 0.230 e. The third kappa shape index (κ3) is 4.04. The topological polar surface area (TPSA) is 59.8 Å². The highest BCUT2D eigenvalue weighted by Crippen LogP contribution is 2.22. The average Bonchev–Trinajstić information content (AvgIpc) is 3.29. The van der Waals surface area contributed by atoms with Gasteiger partial charge in [0, 0.05) is 4.88 Å². The van der Waals surface area contributed by atoms with Gasteiger partial charge in [-0.15, -0.1) is 21.5 Å². The normalized spacial score (nSPS) is 10.7. The lowest BCUT2D eigenvalue weighted by atomic mass is 10.1. The third-order valence-corrected chi connectivity index (χ3v) is 5.34. The molecule has 3 aromatic rings. The molecule has 5 nitrogen and oxygen atoms in total. The second-order valence-corrected chi connectivity index (χ2v) is 7.09. The Morgan fingerprint density at radius 3 is 2.96 bits per heavy atom. The molecule has 0 radical (unpaired) electrons. The van der Waals surface area contributed by atoms with Crippen LogP contribution in [0.25, 0.3) is 5.69 Å². The van der Waals surface area contributed by atoms with E-state index in [1.54, 1.807) is 17.7 Å². The van der Waals surface area contributed by atoms with Gasteiger partial charge in [0.05, 0.1) is 18.0 Å². The van der Waals surface area contributed by atoms with Crippen molar-refractivity contribution in [2.24, 2.45) is 0 Å². The van der Waals surface area contributed by atoms with Gasteiger partial charge in [0.2, 0.25) is 5.91 Å². The van der Waals surface area contributed by atoms with Crippen molar-refractivity contribution in [1.82, 2.24) is 20.1 Å². The van der Waals surface area contributed by atoms with Crippen LogP contribution in [0.2, 0.25) is 0 Å². The SMILES string of the molecule is CCc1ccccc1-n1cnnc1SCC(=O)NCc1cccs1. The first-order valence-electron chi connectivity index (χ1n) is 7.68. The lowest BCUT2D eigenvalue weighted by Gasteiger charge is -2.10. The molecule has 1 aromatic carbocycles. The van der Waals surface area contributed by atoms with Crippen molar-refractivity contribution in [3.05, 3.63) is 58.5 Å². The van der Waals surface area contributed by atoms with Gasteiger partial charge in [0.15, 0.2) is 5.16 Å². The number of amides is 1. The Hall–Kier alpha value is -2.12. The molecule has 3 rings (SSSR count). The molecule has 1 N–H and O–H groups in total. The number of carbonyl (C=O) groups excluding carboxylic acids is 1. The number of hydrogen-bond donors (Lipinski definition) is 1. The van der Waals surface area contributed by atoms with Gasteiger partial charge in [-0.1, -0.05) is 43.0 Å². The second-order valence-electron chi connectivity index (χ2n) is 5.11. The molecule has 0 aliphatic carbocycles. The smallest absolute Gasteiger partial charge is 0.230 e. The Bertz CT molecular complexity index is 799. The molecule has 1 amide bonds. The minimum Gasteiger partial charge on any atom is -0.350 e. The van der Waals surface area contributed by atoms with Gasteiger partial charge in [0.1, 0.15) is 6.33 Å². The molecule has 0 aliphatic heterocycles. The van der Waals surface area contributed by atoms with E-state index >= 15 is 0 Å². The van der Waals surface area contributed by atoms with Gasteiger partial charge >= 0.3 is 0 Å². The molecule has 2 heterocycles. The number of rotatable bonds is 7. The van der Waals surface area contributed by atoms with Crippen molar-refractivity contribution in [1.29, 1.82) is 0 Å². The van der Waals surface area contributed by atoms with Crippen molar-refractivity contribution < 1.29 is 4.79 Å². The maximum atomic E-state index is 12.0. The number of nitrogens with one attached hydrogen (secondary N) is 1. The molecular weight excluding hydrogens is 340 g/mol. The summed E-state index contributed by atoms with van der Waals surface area (Å²) in [6.07, 6.45) is 2.63. The number of hydrogen-bond acceptors (Lipinski definition) is 5. The van der Waals surface area contributed by atoms with E-state index in [9.17, 15) is 4.79 Å². The van der Waals surface area contributed by atoms with Crippen LogP contribution in [-0.2, 0) is 17.8 Å². The largest absolute Gasteiger partial charge is 0.350 e. The lowest BCUT2D eigenvalue weighted by molar-refractivity contribution is -0.118. The van der Waals surface area contributed by atoms with E-state index < -0.39 is 0 Å². The summed E-state index contributed by atoms with van der Waals surface area (Å²) in [5, 5.41) is 13.8. The summed E-state index contributed by atoms with van der Waals surface area (Å²) in [4.78, 5) is 13.2. The molecule has 0 fully saturated rings. The van der Waals surface area contributed by atoms with Crippen LogP contribution in [0.5, 0.6) is 0 Å². The number of benzene rings is 1. The van der Waals surface area contributed by atoms with E-state index in [-0.39, 0.29) is 5.91 Å². The van der Waals surface area contributed by atoms with Crippen LogP contribution in [-0.4, -0.2) is 26.4 Å². The van der Waals surface area contributed by atoms with Gasteiger partial charge < -0.3 is 5.32 Å². The first-order valence-corrected chi connectivity index (χ1v) is 9.54. The van der Waals surface area contributed by atoms with Gasteiger partial charge in [-0.25, -0.2) is 0 Å². The Morgan fingerprint density at radius 2 is 2.17 bits per heavy atom. The lowest BCUT2D eigenvalue weighted by Crippen LogP contribution is -2.24. The molecule has 0 aliphatic rings. The van der Waals surface area contributed by atoms with Gasteiger partial charge in [-0.05, 0) is 29.5 Å². The predicted octanol–water partition coefficient (Wildman–Crippen LogP) is 3.30. The summed E-state index contributed by atoms with van der Waals surface area (Å²) in [5.74, 6) is 0.310. The predicted molar refractivity (Wildman–Crippen MR) is 97.6 cm³/mol. The summed E-state index contributed by atoms with van der Waals surface area (Å²) < 4.78 is 1.94. The summed E-state index contributed by atoms with van der Waals surface area (Å²) in [6.45, 7) is 2.69. The van der Waals surface area contributed by atoms with E-state index in [2.05, 4.69) is 28.5 Å². The molecule has 0 unspecified atom stereocenters. The fourth-order valence-electron chi connectivity index (χ4n) is 2.31. The van der Waals surface area contributed by atoms with Crippen LogP contribution in [0.1, 0.15) is 17.4 Å². The van der Waals surface area contributed by atoms with E-state index in [0.29, 0.717) is 12.3 Å². The molecular formula is C17H18N4OS2. The number of thioether (sulfide) groups is 1. The number of thiophene rings is 1. The van der Waals surface area contributed by atoms with Crippen LogP contribution < -0.4 is 5.32 Å². The average molecular weight is 358 g/mol.